The fourth-order valence-electron chi connectivity index (χ4n) is 1.43. The van der Waals surface area contributed by atoms with Gasteiger partial charge in [-0.15, -0.1) is 0 Å². The molecule has 0 aromatic heterocycles. The summed E-state index contributed by atoms with van der Waals surface area (Å²) in [6, 6.07) is 5.98. The van der Waals surface area contributed by atoms with E-state index in [0.717, 1.165) is 0 Å². The average molecular weight is 280 g/mol. The molecule has 0 saturated carbocycles. The minimum absolute atomic E-state index is 0.0995. The Morgan fingerprint density at radius 1 is 1.10 bits per heavy atom. The Kier molecular flexibility index (Phi) is 4.43. The number of carbonyl (C=O) groups is 2. The lowest BCUT2D eigenvalue weighted by Gasteiger charge is -2.29. The highest BCUT2D eigenvalue weighted by molar-refractivity contribution is 5.88. The molecular weight excluding hydrogens is 260 g/mol. The quantitative estimate of drug-likeness (QED) is 0.858. The van der Waals surface area contributed by atoms with Gasteiger partial charge in [-0.25, -0.2) is 9.59 Å². The Labute approximate surface area is 118 Å². The van der Waals surface area contributed by atoms with Gasteiger partial charge in [-0.3, -0.25) is 0 Å². The molecule has 0 radical (unpaired) electrons. The molecular formula is C15H20O5. The zero-order valence-electron chi connectivity index (χ0n) is 12.4. The zero-order chi connectivity index (χ0) is 15.6. The van der Waals surface area contributed by atoms with E-state index in [1.165, 1.54) is 12.1 Å². The highest BCUT2D eigenvalue weighted by Gasteiger charge is 2.34. The van der Waals surface area contributed by atoms with Gasteiger partial charge >= 0.3 is 11.9 Å². The molecule has 5 nitrogen and oxygen atoms in total. The molecule has 0 amide bonds. The second-order valence-corrected chi connectivity index (χ2v) is 5.95. The number of benzene rings is 1. The van der Waals surface area contributed by atoms with Crippen LogP contribution in [0.3, 0.4) is 0 Å². The molecule has 0 atom stereocenters. The number of hydrogen-bond donors (Lipinski definition) is 1. The van der Waals surface area contributed by atoms with Crippen LogP contribution in [0.2, 0.25) is 0 Å². The lowest BCUT2D eigenvalue weighted by molar-refractivity contribution is -0.170. The second kappa shape index (κ2) is 5.53. The molecule has 1 aromatic rings. The molecule has 0 aliphatic carbocycles. The third-order valence-corrected chi connectivity index (χ3v) is 2.34. The minimum atomic E-state index is -1.20. The second-order valence-electron chi connectivity index (χ2n) is 5.95. The summed E-state index contributed by atoms with van der Waals surface area (Å²) in [7, 11) is 0. The smallest absolute Gasteiger partial charge is 0.350 e. The van der Waals surface area contributed by atoms with E-state index in [1.807, 2.05) is 0 Å². The molecule has 0 aliphatic heterocycles. The average Bonchev–Trinajstić information content (AvgIpc) is 2.26. The maximum Gasteiger partial charge on any atom is 0.350 e. The summed E-state index contributed by atoms with van der Waals surface area (Å²) in [5.41, 5.74) is -1.71. The molecule has 0 heterocycles. The van der Waals surface area contributed by atoms with Crippen molar-refractivity contribution in [3.8, 4) is 5.75 Å². The first kappa shape index (κ1) is 16.0. The Bertz CT molecular complexity index is 511. The fraction of sp³-hybridized carbons (Fsp3) is 0.467. The standard InChI is InChI=1S/C15H20O5/c1-14(2,3)20-13(18)15(4,5)19-11-8-6-7-10(9-11)12(16)17/h6-9H,1-5H3,(H,16,17). The molecule has 0 unspecified atom stereocenters. The summed E-state index contributed by atoms with van der Waals surface area (Å²) in [5, 5.41) is 8.92. The highest BCUT2D eigenvalue weighted by atomic mass is 16.6. The molecule has 1 N–H and O–H groups in total. The number of carboxylic acids is 1. The van der Waals surface area contributed by atoms with Gasteiger partial charge in [0.15, 0.2) is 5.60 Å². The number of ether oxygens (including phenoxy) is 2. The van der Waals surface area contributed by atoms with Crippen molar-refractivity contribution in [1.82, 2.24) is 0 Å². The van der Waals surface area contributed by atoms with Gasteiger partial charge in [0.25, 0.3) is 0 Å². The van der Waals surface area contributed by atoms with E-state index in [1.54, 1.807) is 46.8 Å². The number of esters is 1. The van der Waals surface area contributed by atoms with Gasteiger partial charge in [-0.05, 0) is 52.8 Å². The van der Waals surface area contributed by atoms with Gasteiger partial charge in [0.2, 0.25) is 0 Å². The van der Waals surface area contributed by atoms with Gasteiger partial charge in [-0.1, -0.05) is 6.07 Å². The molecule has 20 heavy (non-hydrogen) atoms. The lowest BCUT2D eigenvalue weighted by Crippen LogP contribution is -2.43. The predicted octanol–water partition coefficient (Wildman–Crippen LogP) is 2.88. The van der Waals surface area contributed by atoms with Crippen LogP contribution in [0.1, 0.15) is 45.0 Å². The number of carbonyl (C=O) groups excluding carboxylic acids is 1. The van der Waals surface area contributed by atoms with Crippen LogP contribution >= 0.6 is 0 Å². The Morgan fingerprint density at radius 2 is 1.70 bits per heavy atom. The van der Waals surface area contributed by atoms with Crippen molar-refractivity contribution < 1.29 is 24.2 Å². The SMILES string of the molecule is CC(C)(C)OC(=O)C(C)(C)Oc1cccc(C(=O)O)c1. The molecule has 110 valence electrons. The van der Waals surface area contributed by atoms with Crippen LogP contribution < -0.4 is 4.74 Å². The van der Waals surface area contributed by atoms with Gasteiger partial charge in [0.05, 0.1) is 5.56 Å². The first-order valence-electron chi connectivity index (χ1n) is 6.27. The fourth-order valence-corrected chi connectivity index (χ4v) is 1.43. The summed E-state index contributed by atoms with van der Waals surface area (Å²) in [6.45, 7) is 8.47. The van der Waals surface area contributed by atoms with E-state index in [-0.39, 0.29) is 5.56 Å². The van der Waals surface area contributed by atoms with Crippen LogP contribution in [0.15, 0.2) is 24.3 Å². The van der Waals surface area contributed by atoms with E-state index in [9.17, 15) is 9.59 Å². The molecule has 0 aliphatic rings. The molecule has 0 saturated heterocycles. The van der Waals surface area contributed by atoms with Crippen molar-refractivity contribution in [2.24, 2.45) is 0 Å². The maximum atomic E-state index is 12.0. The van der Waals surface area contributed by atoms with Crippen molar-refractivity contribution >= 4 is 11.9 Å². The summed E-state index contributed by atoms with van der Waals surface area (Å²) >= 11 is 0. The topological polar surface area (TPSA) is 72.8 Å². The minimum Gasteiger partial charge on any atom is -0.478 e. The molecule has 5 heteroatoms. The summed E-state index contributed by atoms with van der Waals surface area (Å²) in [5.74, 6) is -1.25. The summed E-state index contributed by atoms with van der Waals surface area (Å²) < 4.78 is 10.8. The Hall–Kier alpha value is -2.04. The predicted molar refractivity (Wildman–Crippen MR) is 74.0 cm³/mol. The van der Waals surface area contributed by atoms with Crippen molar-refractivity contribution in [3.63, 3.8) is 0 Å². The van der Waals surface area contributed by atoms with E-state index >= 15 is 0 Å². The first-order valence-corrected chi connectivity index (χ1v) is 6.27. The van der Waals surface area contributed by atoms with Crippen LogP contribution in [0.4, 0.5) is 0 Å². The van der Waals surface area contributed by atoms with Crippen LogP contribution in [-0.2, 0) is 9.53 Å². The molecule has 0 bridgehead atoms. The highest BCUT2D eigenvalue weighted by Crippen LogP contribution is 2.22. The molecule has 1 aromatic carbocycles. The third kappa shape index (κ3) is 4.57. The van der Waals surface area contributed by atoms with Crippen molar-refractivity contribution in [2.75, 3.05) is 0 Å². The van der Waals surface area contributed by atoms with E-state index in [0.29, 0.717) is 5.75 Å². The number of carboxylic acid groups (broad SMARTS) is 1. The normalized spacial score (nSPS) is 11.8. The number of aromatic carboxylic acids is 1. The van der Waals surface area contributed by atoms with Gasteiger partial charge in [0.1, 0.15) is 11.4 Å². The van der Waals surface area contributed by atoms with E-state index in [4.69, 9.17) is 14.6 Å². The van der Waals surface area contributed by atoms with Gasteiger partial charge in [0, 0.05) is 0 Å². The molecule has 0 spiro atoms. The summed E-state index contributed by atoms with van der Waals surface area (Å²) in [6.07, 6.45) is 0. The summed E-state index contributed by atoms with van der Waals surface area (Å²) in [4.78, 5) is 22.9. The monoisotopic (exact) mass is 280 g/mol. The van der Waals surface area contributed by atoms with Gasteiger partial charge in [-0.2, -0.15) is 0 Å². The van der Waals surface area contributed by atoms with Crippen LogP contribution in [-0.4, -0.2) is 28.2 Å². The first-order chi connectivity index (χ1) is 9.01. The van der Waals surface area contributed by atoms with E-state index in [2.05, 4.69) is 0 Å². The van der Waals surface area contributed by atoms with Crippen molar-refractivity contribution in [3.05, 3.63) is 29.8 Å². The van der Waals surface area contributed by atoms with Crippen LogP contribution in [0, 0.1) is 0 Å². The third-order valence-electron chi connectivity index (χ3n) is 2.34. The van der Waals surface area contributed by atoms with Crippen LogP contribution in [0.5, 0.6) is 5.75 Å². The van der Waals surface area contributed by atoms with Crippen molar-refractivity contribution in [2.45, 2.75) is 45.8 Å². The largest absolute Gasteiger partial charge is 0.478 e. The maximum absolute atomic E-state index is 12.0. The number of rotatable bonds is 4. The van der Waals surface area contributed by atoms with Crippen molar-refractivity contribution in [1.29, 1.82) is 0 Å². The van der Waals surface area contributed by atoms with E-state index < -0.39 is 23.1 Å². The Balaban J connectivity index is 2.88. The van der Waals surface area contributed by atoms with Crippen LogP contribution in [0.25, 0.3) is 0 Å². The zero-order valence-corrected chi connectivity index (χ0v) is 12.4. The lowest BCUT2D eigenvalue weighted by atomic mass is 10.1. The Morgan fingerprint density at radius 3 is 2.20 bits per heavy atom. The molecule has 0 fully saturated rings. The molecule has 1 rings (SSSR count). The van der Waals surface area contributed by atoms with Gasteiger partial charge < -0.3 is 14.6 Å². The number of hydrogen-bond acceptors (Lipinski definition) is 4.